The van der Waals surface area contributed by atoms with Gasteiger partial charge in [0.05, 0.1) is 5.02 Å². The lowest BCUT2D eigenvalue weighted by Gasteiger charge is -2.16. The Balaban J connectivity index is 1.58. The first-order valence-electron chi connectivity index (χ1n) is 10.2. The van der Waals surface area contributed by atoms with Gasteiger partial charge < -0.3 is 15.4 Å². The fraction of sp³-hybridized carbons (Fsp3) is 0.115. The summed E-state index contributed by atoms with van der Waals surface area (Å²) >= 11 is 6.16. The van der Waals surface area contributed by atoms with Crippen molar-refractivity contribution in [3.63, 3.8) is 0 Å². The van der Waals surface area contributed by atoms with E-state index in [1.165, 1.54) is 13.0 Å². The van der Waals surface area contributed by atoms with E-state index in [0.29, 0.717) is 22.9 Å². The molecule has 4 rings (SSSR count). The maximum atomic E-state index is 14.2. The second kappa shape index (κ2) is 9.71. The molecule has 2 N–H and O–H groups in total. The summed E-state index contributed by atoms with van der Waals surface area (Å²) in [6, 6.07) is 24.0. The molecule has 0 aliphatic rings. The number of rotatable bonds is 7. The molecule has 0 aliphatic carbocycles. The molecule has 0 bridgehead atoms. The number of amides is 1. The van der Waals surface area contributed by atoms with Crippen LogP contribution in [-0.4, -0.2) is 5.91 Å². The maximum absolute atomic E-state index is 14.2. The van der Waals surface area contributed by atoms with Crippen molar-refractivity contribution in [2.75, 3.05) is 10.6 Å². The van der Waals surface area contributed by atoms with Crippen LogP contribution in [0.4, 0.5) is 15.8 Å². The molecular formula is C26H22ClFN2O2. The molecule has 0 heterocycles. The van der Waals surface area contributed by atoms with Gasteiger partial charge in [-0.25, -0.2) is 4.39 Å². The van der Waals surface area contributed by atoms with Gasteiger partial charge in [0.1, 0.15) is 18.2 Å². The van der Waals surface area contributed by atoms with Crippen molar-refractivity contribution >= 4 is 39.7 Å². The molecular weight excluding hydrogens is 427 g/mol. The van der Waals surface area contributed by atoms with E-state index >= 15 is 0 Å². The summed E-state index contributed by atoms with van der Waals surface area (Å²) in [5.74, 6) is 0.154. The summed E-state index contributed by atoms with van der Waals surface area (Å²) < 4.78 is 20.2. The number of benzene rings is 4. The van der Waals surface area contributed by atoms with Gasteiger partial charge in [0, 0.05) is 36.0 Å². The number of ether oxygens (including phenoxy) is 1. The molecule has 0 atom stereocenters. The lowest BCUT2D eigenvalue weighted by Crippen LogP contribution is -2.07. The third kappa shape index (κ3) is 5.01. The summed E-state index contributed by atoms with van der Waals surface area (Å²) in [4.78, 5) is 11.2. The average molecular weight is 449 g/mol. The minimum Gasteiger partial charge on any atom is -0.488 e. The molecule has 0 radical (unpaired) electrons. The largest absolute Gasteiger partial charge is 0.488 e. The third-order valence-electron chi connectivity index (χ3n) is 5.11. The van der Waals surface area contributed by atoms with Gasteiger partial charge in [-0.05, 0) is 53.2 Å². The first-order valence-corrected chi connectivity index (χ1v) is 10.6. The number of hydrogen-bond acceptors (Lipinski definition) is 3. The van der Waals surface area contributed by atoms with Gasteiger partial charge in [-0.3, -0.25) is 4.79 Å². The first-order chi connectivity index (χ1) is 15.5. The van der Waals surface area contributed by atoms with E-state index in [2.05, 4.69) is 10.6 Å². The number of anilines is 2. The van der Waals surface area contributed by atoms with Gasteiger partial charge in [-0.1, -0.05) is 48.0 Å². The van der Waals surface area contributed by atoms with Crippen LogP contribution in [0.25, 0.3) is 10.8 Å². The first kappa shape index (κ1) is 21.7. The highest BCUT2D eigenvalue weighted by Gasteiger charge is 2.12. The van der Waals surface area contributed by atoms with Gasteiger partial charge >= 0.3 is 0 Å². The minimum absolute atomic E-state index is 0.0300. The van der Waals surface area contributed by atoms with Crippen LogP contribution >= 0.6 is 11.6 Å². The van der Waals surface area contributed by atoms with Crippen molar-refractivity contribution < 1.29 is 13.9 Å². The minimum atomic E-state index is -0.391. The summed E-state index contributed by atoms with van der Waals surface area (Å²) in [6.07, 6.45) is 0. The molecule has 0 spiro atoms. The zero-order valence-corrected chi connectivity index (χ0v) is 18.2. The molecule has 32 heavy (non-hydrogen) atoms. The molecule has 4 aromatic rings. The lowest BCUT2D eigenvalue weighted by atomic mass is 10.0. The van der Waals surface area contributed by atoms with Crippen molar-refractivity contribution in [3.8, 4) is 5.75 Å². The Morgan fingerprint density at radius 1 is 0.906 bits per heavy atom. The predicted molar refractivity (Wildman–Crippen MR) is 128 cm³/mol. The van der Waals surface area contributed by atoms with Crippen molar-refractivity contribution in [1.82, 2.24) is 0 Å². The van der Waals surface area contributed by atoms with E-state index in [4.69, 9.17) is 16.3 Å². The Kier molecular flexibility index (Phi) is 6.57. The zero-order chi connectivity index (χ0) is 22.5. The maximum Gasteiger partial charge on any atom is 0.221 e. The van der Waals surface area contributed by atoms with Crippen LogP contribution in [0.3, 0.4) is 0 Å². The number of fused-ring (bicyclic) bond motifs is 1. The molecule has 0 aromatic heterocycles. The second-order valence-electron chi connectivity index (χ2n) is 7.36. The van der Waals surface area contributed by atoms with Crippen molar-refractivity contribution in [1.29, 1.82) is 0 Å². The smallest absolute Gasteiger partial charge is 0.221 e. The molecule has 6 heteroatoms. The number of carbonyl (C=O) groups excluding carboxylic acids is 1. The Morgan fingerprint density at radius 3 is 2.41 bits per heavy atom. The van der Waals surface area contributed by atoms with Crippen LogP contribution in [0.1, 0.15) is 18.1 Å². The summed E-state index contributed by atoms with van der Waals surface area (Å²) in [5.41, 5.74) is 2.92. The summed E-state index contributed by atoms with van der Waals surface area (Å²) in [5, 5.41) is 8.63. The molecule has 0 saturated carbocycles. The SMILES string of the molecule is CC(=O)Nc1ccc(NCc2c(OCc3c(F)cccc3Cl)ccc3ccccc23)cc1. The Labute approximate surface area is 191 Å². The van der Waals surface area contributed by atoms with Crippen LogP contribution in [0.15, 0.2) is 78.9 Å². The lowest BCUT2D eigenvalue weighted by molar-refractivity contribution is -0.114. The zero-order valence-electron chi connectivity index (χ0n) is 17.5. The van der Waals surface area contributed by atoms with E-state index in [-0.39, 0.29) is 12.5 Å². The van der Waals surface area contributed by atoms with Crippen LogP contribution in [0, 0.1) is 5.82 Å². The van der Waals surface area contributed by atoms with Gasteiger partial charge in [0.15, 0.2) is 0 Å². The fourth-order valence-corrected chi connectivity index (χ4v) is 3.74. The van der Waals surface area contributed by atoms with Crippen molar-refractivity contribution in [2.24, 2.45) is 0 Å². The average Bonchev–Trinajstić information content (AvgIpc) is 2.78. The van der Waals surface area contributed by atoms with E-state index < -0.39 is 5.82 Å². The van der Waals surface area contributed by atoms with E-state index in [9.17, 15) is 9.18 Å². The van der Waals surface area contributed by atoms with E-state index in [1.807, 2.05) is 60.7 Å². The predicted octanol–water partition coefficient (Wildman–Crippen LogP) is 6.78. The third-order valence-corrected chi connectivity index (χ3v) is 5.46. The topological polar surface area (TPSA) is 50.4 Å². The number of nitrogens with one attached hydrogen (secondary N) is 2. The quantitative estimate of drug-likeness (QED) is 0.327. The highest BCUT2D eigenvalue weighted by atomic mass is 35.5. The number of carbonyl (C=O) groups is 1. The van der Waals surface area contributed by atoms with E-state index in [1.54, 1.807) is 12.1 Å². The molecule has 0 fully saturated rings. The second-order valence-corrected chi connectivity index (χ2v) is 7.77. The fourth-order valence-electron chi connectivity index (χ4n) is 3.52. The Bertz CT molecular complexity index is 1240. The molecule has 0 saturated heterocycles. The van der Waals surface area contributed by atoms with Crippen LogP contribution < -0.4 is 15.4 Å². The number of halogens is 2. The van der Waals surface area contributed by atoms with Gasteiger partial charge in [0.25, 0.3) is 0 Å². The standard InChI is InChI=1S/C26H22ClFN2O2/c1-17(31)30-20-12-10-19(11-13-20)29-15-22-21-6-3-2-5-18(21)9-14-26(22)32-16-23-24(27)7-4-8-25(23)28/h2-14,29H,15-16H2,1H3,(H,30,31). The molecule has 4 nitrogen and oxygen atoms in total. The van der Waals surface area contributed by atoms with Gasteiger partial charge in [0.2, 0.25) is 5.91 Å². The van der Waals surface area contributed by atoms with Gasteiger partial charge in [-0.2, -0.15) is 0 Å². The monoisotopic (exact) mass is 448 g/mol. The van der Waals surface area contributed by atoms with Crippen molar-refractivity contribution in [2.45, 2.75) is 20.1 Å². The molecule has 0 aliphatic heterocycles. The van der Waals surface area contributed by atoms with Gasteiger partial charge in [-0.15, -0.1) is 0 Å². The van der Waals surface area contributed by atoms with Crippen LogP contribution in [-0.2, 0) is 17.9 Å². The molecule has 4 aromatic carbocycles. The normalized spacial score (nSPS) is 10.7. The Morgan fingerprint density at radius 2 is 1.66 bits per heavy atom. The highest BCUT2D eigenvalue weighted by molar-refractivity contribution is 6.31. The van der Waals surface area contributed by atoms with Crippen molar-refractivity contribution in [3.05, 3.63) is 101 Å². The molecule has 1 amide bonds. The number of hydrogen-bond donors (Lipinski definition) is 2. The highest BCUT2D eigenvalue weighted by Crippen LogP contribution is 2.31. The van der Waals surface area contributed by atoms with E-state index in [0.717, 1.165) is 27.7 Å². The Hall–Kier alpha value is -3.57. The molecule has 0 unspecified atom stereocenters. The summed E-state index contributed by atoms with van der Waals surface area (Å²) in [7, 11) is 0. The van der Waals surface area contributed by atoms with Crippen LogP contribution in [0.2, 0.25) is 5.02 Å². The molecule has 162 valence electrons. The summed E-state index contributed by atoms with van der Waals surface area (Å²) in [6.45, 7) is 2.01. The van der Waals surface area contributed by atoms with Crippen LogP contribution in [0.5, 0.6) is 5.75 Å².